The Balaban J connectivity index is 1.35. The third-order valence-electron chi connectivity index (χ3n) is 6.14. The molecule has 0 N–H and O–H groups in total. The molecule has 0 saturated carbocycles. The lowest BCUT2D eigenvalue weighted by molar-refractivity contribution is 0.171. The van der Waals surface area contributed by atoms with Gasteiger partial charge in [0.2, 0.25) is 0 Å². The third-order valence-corrected chi connectivity index (χ3v) is 6.14. The molecule has 3 aliphatic heterocycles. The van der Waals surface area contributed by atoms with Crippen LogP contribution in [0, 0.1) is 0 Å². The van der Waals surface area contributed by atoms with Gasteiger partial charge in [-0.1, -0.05) is 60.8 Å². The molecule has 0 spiro atoms. The number of hydrogen-bond acceptors (Lipinski definition) is 2. The highest BCUT2D eigenvalue weighted by Gasteiger charge is 2.51. The van der Waals surface area contributed by atoms with Gasteiger partial charge in [0.1, 0.15) is 19.9 Å². The summed E-state index contributed by atoms with van der Waals surface area (Å²) in [6.45, 7) is 2.31. The Morgan fingerprint density at radius 1 is 0.917 bits per heavy atom. The van der Waals surface area contributed by atoms with Gasteiger partial charge in [0, 0.05) is 0 Å². The smallest absolute Gasteiger partial charge is 0.161 e. The molecule has 3 unspecified atom stereocenters. The van der Waals surface area contributed by atoms with Gasteiger partial charge in [-0.05, 0) is 42.0 Å². The minimum Gasteiger partial charge on any atom is -0.486 e. The largest absolute Gasteiger partial charge is 0.486 e. The van der Waals surface area contributed by atoms with E-state index in [9.17, 15) is 0 Å². The zero-order valence-electron chi connectivity index (χ0n) is 14.0. The van der Waals surface area contributed by atoms with Gasteiger partial charge >= 0.3 is 0 Å². The molecule has 3 heteroatoms. The SMILES string of the molecule is c1ccc(CC2CC(c3ccc4c(c3)OCCO4)CC3CB32)cc1. The van der Waals surface area contributed by atoms with Crippen LogP contribution in [0.15, 0.2) is 48.5 Å². The van der Waals surface area contributed by atoms with Crippen molar-refractivity contribution in [2.45, 2.75) is 43.1 Å². The normalized spacial score (nSPS) is 27.5. The van der Waals surface area contributed by atoms with Gasteiger partial charge in [-0.25, -0.2) is 0 Å². The van der Waals surface area contributed by atoms with Gasteiger partial charge in [0.15, 0.2) is 11.5 Å². The lowest BCUT2D eigenvalue weighted by atomic mass is 9.47. The van der Waals surface area contributed by atoms with Gasteiger partial charge < -0.3 is 9.47 Å². The van der Waals surface area contributed by atoms with E-state index in [0.717, 1.165) is 29.8 Å². The Bertz CT molecular complexity index is 730. The molecule has 3 aliphatic rings. The van der Waals surface area contributed by atoms with Crippen LogP contribution in [-0.4, -0.2) is 19.9 Å². The van der Waals surface area contributed by atoms with Crippen molar-refractivity contribution in [2.24, 2.45) is 0 Å². The summed E-state index contributed by atoms with van der Waals surface area (Å²) in [6.07, 6.45) is 5.35. The van der Waals surface area contributed by atoms with Crippen LogP contribution < -0.4 is 9.47 Å². The van der Waals surface area contributed by atoms with Gasteiger partial charge in [0.25, 0.3) is 0 Å². The van der Waals surface area contributed by atoms with E-state index in [1.54, 1.807) is 0 Å². The monoisotopic (exact) mass is 318 g/mol. The summed E-state index contributed by atoms with van der Waals surface area (Å²) < 4.78 is 11.5. The maximum Gasteiger partial charge on any atom is 0.161 e. The van der Waals surface area contributed by atoms with Crippen molar-refractivity contribution in [1.82, 2.24) is 0 Å². The van der Waals surface area contributed by atoms with Crippen molar-refractivity contribution in [3.05, 3.63) is 59.7 Å². The number of benzene rings is 2. The van der Waals surface area contributed by atoms with Crippen LogP contribution in [-0.2, 0) is 6.42 Å². The summed E-state index contributed by atoms with van der Waals surface area (Å²) >= 11 is 0. The first-order valence-electron chi connectivity index (χ1n) is 9.30. The molecule has 5 rings (SSSR count). The van der Waals surface area contributed by atoms with E-state index in [4.69, 9.17) is 9.47 Å². The average Bonchev–Trinajstić information content (AvgIpc) is 3.42. The number of hydrogen-bond donors (Lipinski definition) is 0. The van der Waals surface area contributed by atoms with E-state index in [1.807, 2.05) is 0 Å². The van der Waals surface area contributed by atoms with Crippen molar-refractivity contribution >= 4 is 6.71 Å². The van der Waals surface area contributed by atoms with Crippen molar-refractivity contribution in [1.29, 1.82) is 0 Å². The summed E-state index contributed by atoms with van der Waals surface area (Å²) in [7, 11) is 0. The molecular formula is C21H23BO2. The van der Waals surface area contributed by atoms with E-state index >= 15 is 0 Å². The quantitative estimate of drug-likeness (QED) is 0.755. The molecule has 0 aromatic heterocycles. The van der Waals surface area contributed by atoms with E-state index in [-0.39, 0.29) is 0 Å². The highest BCUT2D eigenvalue weighted by Crippen LogP contribution is 2.59. The van der Waals surface area contributed by atoms with Crippen LogP contribution in [0.25, 0.3) is 0 Å². The highest BCUT2D eigenvalue weighted by atomic mass is 16.6. The van der Waals surface area contributed by atoms with Crippen molar-refractivity contribution < 1.29 is 9.47 Å². The molecule has 2 saturated heterocycles. The molecule has 3 heterocycles. The average molecular weight is 318 g/mol. The number of rotatable bonds is 3. The molecule has 2 aromatic carbocycles. The summed E-state index contributed by atoms with van der Waals surface area (Å²) in [5, 5.41) is 0. The standard InChI is InChI=1S/C21H23BO2/c1-2-4-15(5-3-1)10-18-11-17(12-19-14-22(18)19)16-6-7-20-21(13-16)24-9-8-23-20/h1-7,13,17-19H,8-12,14H2. The second kappa shape index (κ2) is 5.88. The summed E-state index contributed by atoms with van der Waals surface area (Å²) in [4.78, 5) is 0. The second-order valence-corrected chi connectivity index (χ2v) is 7.68. The van der Waals surface area contributed by atoms with Crippen LogP contribution in [0.4, 0.5) is 0 Å². The predicted molar refractivity (Wildman–Crippen MR) is 97.6 cm³/mol. The molecule has 2 fully saturated rings. The Morgan fingerprint density at radius 3 is 2.62 bits per heavy atom. The predicted octanol–water partition coefficient (Wildman–Crippen LogP) is 4.83. The molecule has 3 atom stereocenters. The fourth-order valence-electron chi connectivity index (χ4n) is 4.86. The van der Waals surface area contributed by atoms with Crippen LogP contribution in [0.5, 0.6) is 11.5 Å². The fraction of sp³-hybridized carbons (Fsp3) is 0.429. The first-order valence-corrected chi connectivity index (χ1v) is 9.30. The van der Waals surface area contributed by atoms with Crippen molar-refractivity contribution in [3.8, 4) is 11.5 Å². The zero-order chi connectivity index (χ0) is 15.9. The van der Waals surface area contributed by atoms with Crippen LogP contribution >= 0.6 is 0 Å². The zero-order valence-corrected chi connectivity index (χ0v) is 14.0. The maximum atomic E-state index is 5.79. The van der Waals surface area contributed by atoms with E-state index in [0.29, 0.717) is 19.1 Å². The summed E-state index contributed by atoms with van der Waals surface area (Å²) in [6, 6.07) is 17.6. The van der Waals surface area contributed by atoms with Crippen molar-refractivity contribution in [2.75, 3.05) is 13.2 Å². The Labute approximate surface area is 144 Å². The molecule has 0 aliphatic carbocycles. The second-order valence-electron chi connectivity index (χ2n) is 7.68. The lowest BCUT2D eigenvalue weighted by Crippen LogP contribution is -2.19. The molecule has 24 heavy (non-hydrogen) atoms. The molecule has 0 radical (unpaired) electrons. The minimum absolute atomic E-state index is 0.665. The first kappa shape index (κ1) is 14.4. The van der Waals surface area contributed by atoms with Gasteiger partial charge in [0.05, 0.1) is 0 Å². The number of fused-ring (bicyclic) bond motifs is 2. The molecular weight excluding hydrogens is 295 g/mol. The summed E-state index contributed by atoms with van der Waals surface area (Å²) in [5.41, 5.74) is 2.94. The maximum absolute atomic E-state index is 5.79. The topological polar surface area (TPSA) is 18.5 Å². The Kier molecular flexibility index (Phi) is 3.54. The summed E-state index contributed by atoms with van der Waals surface area (Å²) in [5.74, 6) is 4.32. The van der Waals surface area contributed by atoms with Crippen LogP contribution in [0.1, 0.15) is 29.9 Å². The highest BCUT2D eigenvalue weighted by molar-refractivity contribution is 6.73. The Hall–Kier alpha value is -1.90. The minimum atomic E-state index is 0.665. The third kappa shape index (κ3) is 2.70. The Morgan fingerprint density at radius 2 is 1.75 bits per heavy atom. The number of ether oxygens (including phenoxy) is 2. The van der Waals surface area contributed by atoms with Crippen molar-refractivity contribution in [3.63, 3.8) is 0 Å². The van der Waals surface area contributed by atoms with Gasteiger partial charge in [-0.2, -0.15) is 0 Å². The van der Waals surface area contributed by atoms with Crippen LogP contribution in [0.3, 0.4) is 0 Å². The van der Waals surface area contributed by atoms with Gasteiger partial charge in [-0.15, -0.1) is 0 Å². The van der Waals surface area contributed by atoms with E-state index < -0.39 is 0 Å². The molecule has 0 amide bonds. The first-order chi connectivity index (χ1) is 11.9. The van der Waals surface area contributed by atoms with Gasteiger partial charge in [-0.3, -0.25) is 0 Å². The molecule has 2 nitrogen and oxygen atoms in total. The molecule has 122 valence electrons. The van der Waals surface area contributed by atoms with E-state index in [1.165, 1.54) is 36.7 Å². The molecule has 0 bridgehead atoms. The van der Waals surface area contributed by atoms with E-state index in [2.05, 4.69) is 48.5 Å². The van der Waals surface area contributed by atoms with Crippen LogP contribution in [0.2, 0.25) is 18.0 Å². The lowest BCUT2D eigenvalue weighted by Gasteiger charge is -2.29. The molecule has 2 aromatic rings. The fourth-order valence-corrected chi connectivity index (χ4v) is 4.86.